The molecule has 0 bridgehead atoms. The lowest BCUT2D eigenvalue weighted by molar-refractivity contribution is 0.0967. The molecule has 0 aromatic heterocycles. The van der Waals surface area contributed by atoms with E-state index >= 15 is 0 Å². The third kappa shape index (κ3) is 5.61. The van der Waals surface area contributed by atoms with Crippen LogP contribution in [0.1, 0.15) is 48.2 Å². The molecule has 0 radical (unpaired) electrons. The van der Waals surface area contributed by atoms with Gasteiger partial charge in [0.1, 0.15) is 5.44 Å². The maximum atomic E-state index is 14.2. The fourth-order valence-electron chi connectivity index (χ4n) is 3.20. The molecule has 0 saturated heterocycles. The Morgan fingerprint density at radius 3 is 2.06 bits per heavy atom. The Morgan fingerprint density at radius 2 is 1.52 bits per heavy atom. The van der Waals surface area contributed by atoms with Crippen LogP contribution >= 0.6 is 7.37 Å². The Labute approximate surface area is 184 Å². The molecule has 5 heteroatoms. The van der Waals surface area contributed by atoms with Crippen molar-refractivity contribution < 1.29 is 13.9 Å². The van der Waals surface area contributed by atoms with E-state index < -0.39 is 7.37 Å². The maximum Gasteiger partial charge on any atom is 0.277 e. The van der Waals surface area contributed by atoms with Crippen molar-refractivity contribution in [2.75, 3.05) is 6.61 Å². The number of benzene rings is 3. The van der Waals surface area contributed by atoms with Gasteiger partial charge in [0.15, 0.2) is 0 Å². The molecule has 0 fully saturated rings. The second-order valence-corrected chi connectivity index (χ2v) is 9.84. The number of nitrogens with one attached hydrogen (secondary N) is 1. The minimum absolute atomic E-state index is 0.247. The van der Waals surface area contributed by atoms with Gasteiger partial charge in [-0.1, -0.05) is 74.5 Å². The van der Waals surface area contributed by atoms with Crippen molar-refractivity contribution in [3.63, 3.8) is 0 Å². The number of hydrogen-bond donors (Lipinski definition) is 1. The predicted octanol–water partition coefficient (Wildman–Crippen LogP) is 6.18. The summed E-state index contributed by atoms with van der Waals surface area (Å²) >= 11 is 0. The first-order chi connectivity index (χ1) is 14.9. The van der Waals surface area contributed by atoms with Crippen LogP contribution in [0.15, 0.2) is 90.4 Å². The monoisotopic (exact) mass is 433 g/mol. The zero-order chi connectivity index (χ0) is 22.3. The van der Waals surface area contributed by atoms with Crippen molar-refractivity contribution in [1.82, 2.24) is 5.32 Å². The minimum Gasteiger partial charge on any atom is -0.321 e. The Balaban J connectivity index is 2.08. The van der Waals surface area contributed by atoms with E-state index in [0.717, 1.165) is 5.56 Å². The summed E-state index contributed by atoms with van der Waals surface area (Å²) in [7, 11) is -3.52. The average molecular weight is 433 g/mol. The lowest BCUT2D eigenvalue weighted by Gasteiger charge is -2.22. The average Bonchev–Trinajstić information content (AvgIpc) is 2.80. The van der Waals surface area contributed by atoms with E-state index in [1.165, 1.54) is 5.56 Å². The van der Waals surface area contributed by atoms with E-state index in [-0.39, 0.29) is 18.0 Å². The topological polar surface area (TPSA) is 55.4 Å². The highest BCUT2D eigenvalue weighted by Crippen LogP contribution is 2.53. The molecular formula is C26H28NO3P. The van der Waals surface area contributed by atoms with Crippen LogP contribution in [0.5, 0.6) is 0 Å². The fourth-order valence-corrected chi connectivity index (χ4v) is 5.26. The summed E-state index contributed by atoms with van der Waals surface area (Å²) in [5.74, 6) is 0.0793. The molecule has 1 unspecified atom stereocenters. The molecule has 3 aromatic carbocycles. The smallest absolute Gasteiger partial charge is 0.277 e. The van der Waals surface area contributed by atoms with Gasteiger partial charge in [-0.3, -0.25) is 9.36 Å². The van der Waals surface area contributed by atoms with Crippen LogP contribution < -0.4 is 10.6 Å². The molecule has 0 aliphatic carbocycles. The molecule has 0 aliphatic rings. The van der Waals surface area contributed by atoms with Crippen LogP contribution in [0.25, 0.3) is 6.08 Å². The summed E-state index contributed by atoms with van der Waals surface area (Å²) < 4.78 is 20.0. The second-order valence-electron chi connectivity index (χ2n) is 7.48. The largest absolute Gasteiger partial charge is 0.321 e. The summed E-state index contributed by atoms with van der Waals surface area (Å²) in [6, 6.07) is 25.9. The summed E-state index contributed by atoms with van der Waals surface area (Å²) in [5.41, 5.74) is 2.79. The number of carbonyl (C=O) groups is 1. The van der Waals surface area contributed by atoms with Crippen LogP contribution in [0.4, 0.5) is 0 Å². The molecule has 160 valence electrons. The van der Waals surface area contributed by atoms with Crippen LogP contribution in [0, 0.1) is 0 Å². The lowest BCUT2D eigenvalue weighted by atomic mass is 10.0. The van der Waals surface area contributed by atoms with Crippen molar-refractivity contribution in [1.29, 1.82) is 0 Å². The van der Waals surface area contributed by atoms with E-state index in [0.29, 0.717) is 16.8 Å². The van der Waals surface area contributed by atoms with Gasteiger partial charge in [0.25, 0.3) is 13.3 Å². The number of carbonyl (C=O) groups excluding carboxylic acids is 1. The van der Waals surface area contributed by atoms with Crippen molar-refractivity contribution in [2.45, 2.75) is 26.7 Å². The quantitative estimate of drug-likeness (QED) is 0.432. The number of hydrogen-bond acceptors (Lipinski definition) is 3. The normalized spacial score (nSPS) is 13.6. The fraction of sp³-hybridized carbons (Fsp3) is 0.192. The van der Waals surface area contributed by atoms with E-state index in [1.54, 1.807) is 49.4 Å². The second kappa shape index (κ2) is 10.4. The molecule has 3 rings (SSSR count). The molecule has 0 spiro atoms. The molecular weight excluding hydrogens is 405 g/mol. The van der Waals surface area contributed by atoms with Crippen LogP contribution in [0.3, 0.4) is 0 Å². The lowest BCUT2D eigenvalue weighted by Crippen LogP contribution is -2.26. The molecule has 31 heavy (non-hydrogen) atoms. The molecule has 0 saturated carbocycles. The van der Waals surface area contributed by atoms with Crippen molar-refractivity contribution in [3.8, 4) is 0 Å². The molecule has 1 atom stereocenters. The molecule has 0 aliphatic heterocycles. The number of amides is 1. The van der Waals surface area contributed by atoms with E-state index in [1.807, 2.05) is 48.5 Å². The maximum absolute atomic E-state index is 14.2. The van der Waals surface area contributed by atoms with Gasteiger partial charge in [-0.15, -0.1) is 0 Å². The van der Waals surface area contributed by atoms with Gasteiger partial charge >= 0.3 is 0 Å². The third-order valence-electron chi connectivity index (χ3n) is 4.91. The summed E-state index contributed by atoms with van der Waals surface area (Å²) in [5, 5.41) is 3.41. The van der Waals surface area contributed by atoms with Gasteiger partial charge < -0.3 is 9.84 Å². The first-order valence-corrected chi connectivity index (χ1v) is 12.1. The van der Waals surface area contributed by atoms with Crippen LogP contribution in [-0.2, 0) is 9.09 Å². The molecule has 0 heterocycles. The Morgan fingerprint density at radius 1 is 0.935 bits per heavy atom. The van der Waals surface area contributed by atoms with Crippen LogP contribution in [0.2, 0.25) is 0 Å². The SMILES string of the molecule is CCOP(=O)(/C(=C/c1ccc(C(C)C)cc1)NC(=O)c1ccccc1)c1ccccc1. The Kier molecular flexibility index (Phi) is 7.62. The highest BCUT2D eigenvalue weighted by Gasteiger charge is 2.32. The van der Waals surface area contributed by atoms with Gasteiger partial charge in [-0.2, -0.15) is 0 Å². The molecule has 1 N–H and O–H groups in total. The summed E-state index contributed by atoms with van der Waals surface area (Å²) in [6.45, 7) is 6.31. The highest BCUT2D eigenvalue weighted by molar-refractivity contribution is 7.71. The first-order valence-electron chi connectivity index (χ1n) is 10.4. The van der Waals surface area contributed by atoms with Gasteiger partial charge in [-0.05, 0) is 54.3 Å². The van der Waals surface area contributed by atoms with Crippen molar-refractivity contribution in [3.05, 3.63) is 107 Å². The Hall–Kier alpha value is -2.94. The third-order valence-corrected chi connectivity index (χ3v) is 7.38. The van der Waals surface area contributed by atoms with Crippen molar-refractivity contribution in [2.24, 2.45) is 0 Å². The number of rotatable bonds is 8. The van der Waals surface area contributed by atoms with Gasteiger partial charge in [0.2, 0.25) is 0 Å². The summed E-state index contributed by atoms with van der Waals surface area (Å²) in [6.07, 6.45) is 1.74. The van der Waals surface area contributed by atoms with Crippen LogP contribution in [-0.4, -0.2) is 12.5 Å². The minimum atomic E-state index is -3.52. The van der Waals surface area contributed by atoms with Crippen molar-refractivity contribution >= 4 is 24.7 Å². The van der Waals surface area contributed by atoms with E-state index in [4.69, 9.17) is 4.52 Å². The zero-order valence-electron chi connectivity index (χ0n) is 18.1. The molecule has 1 amide bonds. The van der Waals surface area contributed by atoms with E-state index in [9.17, 15) is 9.36 Å². The predicted molar refractivity (Wildman–Crippen MR) is 128 cm³/mol. The molecule has 3 aromatic rings. The standard InChI is InChI=1S/C26H28NO3P/c1-4-30-31(29,24-13-9-6-10-14-24)25(27-26(28)23-11-7-5-8-12-23)19-21-15-17-22(18-16-21)20(2)3/h5-20H,4H2,1-3H3,(H,27,28)/b25-19+. The summed E-state index contributed by atoms with van der Waals surface area (Å²) in [4.78, 5) is 12.9. The Bertz CT molecular complexity index is 1070. The zero-order valence-corrected chi connectivity index (χ0v) is 19.0. The van der Waals surface area contributed by atoms with E-state index in [2.05, 4.69) is 19.2 Å². The molecule has 4 nitrogen and oxygen atoms in total. The van der Waals surface area contributed by atoms with Gasteiger partial charge in [0.05, 0.1) is 6.61 Å². The van der Waals surface area contributed by atoms with Gasteiger partial charge in [0, 0.05) is 10.9 Å². The highest BCUT2D eigenvalue weighted by atomic mass is 31.2. The first kappa shape index (κ1) is 22.7. The van der Waals surface area contributed by atoms with Gasteiger partial charge in [-0.25, -0.2) is 0 Å².